The van der Waals surface area contributed by atoms with Gasteiger partial charge < -0.3 is 20.3 Å². The van der Waals surface area contributed by atoms with Crippen molar-refractivity contribution in [2.24, 2.45) is 0 Å². The second kappa shape index (κ2) is 6.64. The van der Waals surface area contributed by atoms with Crippen LogP contribution in [0.2, 0.25) is 0 Å². The van der Waals surface area contributed by atoms with E-state index >= 15 is 0 Å². The summed E-state index contributed by atoms with van der Waals surface area (Å²) in [5.74, 6) is -0.0645. The number of amides is 1. The van der Waals surface area contributed by atoms with Gasteiger partial charge in [-0.15, -0.1) is 0 Å². The monoisotopic (exact) mass is 306 g/mol. The molecule has 2 heterocycles. The van der Waals surface area contributed by atoms with Crippen molar-refractivity contribution in [3.05, 3.63) is 29.8 Å². The van der Waals surface area contributed by atoms with Crippen LogP contribution in [0.15, 0.2) is 24.3 Å². The maximum absolute atomic E-state index is 12.2. The van der Waals surface area contributed by atoms with Crippen LogP contribution in [0.25, 0.3) is 0 Å². The maximum atomic E-state index is 12.2. The van der Waals surface area contributed by atoms with Gasteiger partial charge >= 0.3 is 0 Å². The number of aliphatic hydroxyl groups excluding tert-OH is 1. The van der Waals surface area contributed by atoms with Gasteiger partial charge in [0.15, 0.2) is 0 Å². The third-order valence-corrected chi connectivity index (χ3v) is 4.38. The first kappa shape index (κ1) is 15.3. The summed E-state index contributed by atoms with van der Waals surface area (Å²) in [4.78, 5) is 14.6. The predicted octanol–water partition coefficient (Wildman–Crippen LogP) is 0.346. The Labute approximate surface area is 129 Å². The second-order valence-electron chi connectivity index (χ2n) is 6.03. The van der Waals surface area contributed by atoms with E-state index in [1.54, 1.807) is 18.2 Å². The topological polar surface area (TPSA) is 82.0 Å². The van der Waals surface area contributed by atoms with Crippen LogP contribution in [-0.4, -0.2) is 65.5 Å². The number of benzene rings is 1. The van der Waals surface area contributed by atoms with Gasteiger partial charge in [0.1, 0.15) is 5.75 Å². The fourth-order valence-corrected chi connectivity index (χ4v) is 3.28. The largest absolute Gasteiger partial charge is 0.508 e. The van der Waals surface area contributed by atoms with E-state index in [2.05, 4.69) is 10.2 Å². The zero-order valence-electron chi connectivity index (χ0n) is 12.4. The van der Waals surface area contributed by atoms with Crippen LogP contribution in [0, 0.1) is 0 Å². The molecule has 0 aliphatic carbocycles. The fourth-order valence-electron chi connectivity index (χ4n) is 3.28. The minimum absolute atomic E-state index is 0.0850. The van der Waals surface area contributed by atoms with Gasteiger partial charge in [0, 0.05) is 37.3 Å². The molecule has 0 spiro atoms. The highest BCUT2D eigenvalue weighted by Gasteiger charge is 2.37. The molecule has 3 atom stereocenters. The van der Waals surface area contributed by atoms with Gasteiger partial charge in [-0.1, -0.05) is 6.07 Å². The highest BCUT2D eigenvalue weighted by atomic mass is 16.5. The summed E-state index contributed by atoms with van der Waals surface area (Å²) in [5.41, 5.74) is 0.472. The van der Waals surface area contributed by atoms with Gasteiger partial charge in [-0.2, -0.15) is 0 Å². The number of aromatic hydroxyl groups is 1. The molecule has 3 rings (SSSR count). The van der Waals surface area contributed by atoms with Gasteiger partial charge in [-0.05, 0) is 31.0 Å². The smallest absolute Gasteiger partial charge is 0.251 e. The Balaban J connectivity index is 1.56. The molecule has 0 saturated carbocycles. The summed E-state index contributed by atoms with van der Waals surface area (Å²) < 4.78 is 5.74. The summed E-state index contributed by atoms with van der Waals surface area (Å²) in [5, 5.41) is 21.5. The number of nitrogens with zero attached hydrogens (tertiary/aromatic N) is 1. The molecule has 120 valence electrons. The van der Waals surface area contributed by atoms with Gasteiger partial charge in [0.2, 0.25) is 0 Å². The maximum Gasteiger partial charge on any atom is 0.251 e. The summed E-state index contributed by atoms with van der Waals surface area (Å²) in [6.07, 6.45) is 1.61. The molecule has 3 N–H and O–H groups in total. The van der Waals surface area contributed by atoms with Crippen molar-refractivity contribution in [3.8, 4) is 5.75 Å². The van der Waals surface area contributed by atoms with Crippen molar-refractivity contribution in [2.75, 3.05) is 26.3 Å². The average Bonchev–Trinajstić information content (AvgIpc) is 2.89. The number of carbonyl (C=O) groups excluding carboxylic acids is 1. The molecule has 0 radical (unpaired) electrons. The van der Waals surface area contributed by atoms with E-state index < -0.39 is 0 Å². The predicted molar refractivity (Wildman–Crippen MR) is 80.8 cm³/mol. The normalized spacial score (nSPS) is 28.3. The number of ether oxygens (including phenoxy) is 1. The minimum atomic E-state index is -0.159. The Morgan fingerprint density at radius 3 is 3.05 bits per heavy atom. The highest BCUT2D eigenvalue weighted by Crippen LogP contribution is 2.24. The lowest BCUT2D eigenvalue weighted by Gasteiger charge is -2.34. The lowest BCUT2D eigenvalue weighted by Crippen LogP contribution is -2.46. The number of hydrogen-bond donors (Lipinski definition) is 3. The summed E-state index contributed by atoms with van der Waals surface area (Å²) in [6.45, 7) is 2.41. The Bertz CT molecular complexity index is 537. The molecule has 2 saturated heterocycles. The van der Waals surface area contributed by atoms with Crippen LogP contribution >= 0.6 is 0 Å². The first-order valence-electron chi connectivity index (χ1n) is 7.72. The van der Waals surface area contributed by atoms with Crippen molar-refractivity contribution >= 4 is 5.91 Å². The third kappa shape index (κ3) is 3.40. The first-order chi connectivity index (χ1) is 10.7. The average molecular weight is 306 g/mol. The van der Waals surface area contributed by atoms with Crippen LogP contribution in [0.5, 0.6) is 5.75 Å². The van der Waals surface area contributed by atoms with E-state index in [0.717, 1.165) is 19.5 Å². The first-order valence-corrected chi connectivity index (χ1v) is 7.72. The van der Waals surface area contributed by atoms with Crippen LogP contribution in [0.4, 0.5) is 0 Å². The van der Waals surface area contributed by atoms with Gasteiger partial charge in [-0.3, -0.25) is 9.69 Å². The lowest BCUT2D eigenvalue weighted by atomic mass is 10.1. The summed E-state index contributed by atoms with van der Waals surface area (Å²) >= 11 is 0. The summed E-state index contributed by atoms with van der Waals surface area (Å²) in [7, 11) is 0. The number of phenolic OH excluding ortho intramolecular Hbond substituents is 1. The molecule has 1 aromatic carbocycles. The minimum Gasteiger partial charge on any atom is -0.508 e. The van der Waals surface area contributed by atoms with E-state index in [4.69, 9.17) is 9.84 Å². The molecule has 2 aliphatic heterocycles. The van der Waals surface area contributed by atoms with E-state index in [1.165, 1.54) is 6.07 Å². The molecule has 0 bridgehead atoms. The van der Waals surface area contributed by atoms with Gasteiger partial charge in [-0.25, -0.2) is 0 Å². The lowest BCUT2D eigenvalue weighted by molar-refractivity contribution is -0.0566. The molecule has 6 nitrogen and oxygen atoms in total. The SMILES string of the molecule is O=C(N[C@@H]1C[C@H]2CO[C@@H](CCO)CN2C1)c1cccc(O)c1. The van der Waals surface area contributed by atoms with Crippen molar-refractivity contribution in [3.63, 3.8) is 0 Å². The number of hydrogen-bond acceptors (Lipinski definition) is 5. The van der Waals surface area contributed by atoms with E-state index in [0.29, 0.717) is 24.6 Å². The highest BCUT2D eigenvalue weighted by molar-refractivity contribution is 5.94. The van der Waals surface area contributed by atoms with Gasteiger partial charge in [0.05, 0.1) is 12.7 Å². The molecule has 2 fully saturated rings. The van der Waals surface area contributed by atoms with Crippen LogP contribution in [0.3, 0.4) is 0 Å². The molecular formula is C16H22N2O4. The van der Waals surface area contributed by atoms with Crippen molar-refractivity contribution in [2.45, 2.75) is 31.0 Å². The van der Waals surface area contributed by atoms with Crippen molar-refractivity contribution < 1.29 is 19.7 Å². The molecule has 6 heteroatoms. The molecule has 0 unspecified atom stereocenters. The second-order valence-corrected chi connectivity index (χ2v) is 6.03. The van der Waals surface area contributed by atoms with Crippen molar-refractivity contribution in [1.82, 2.24) is 10.2 Å². The Morgan fingerprint density at radius 1 is 1.41 bits per heavy atom. The van der Waals surface area contributed by atoms with E-state index in [9.17, 15) is 9.90 Å². The molecular weight excluding hydrogens is 284 g/mol. The van der Waals surface area contributed by atoms with Crippen LogP contribution < -0.4 is 5.32 Å². The molecule has 2 aliphatic rings. The standard InChI is InChI=1S/C16H22N2O4/c19-5-4-15-9-18-8-12(7-13(18)10-22-15)17-16(21)11-2-1-3-14(20)6-11/h1-3,6,12-13,15,19-20H,4-5,7-10H2,(H,17,21)/t12-,13+,15+/m1/s1. The number of carbonyl (C=O) groups is 1. The third-order valence-electron chi connectivity index (χ3n) is 4.38. The molecule has 0 aromatic heterocycles. The van der Waals surface area contributed by atoms with Gasteiger partial charge in [0.25, 0.3) is 5.91 Å². The molecule has 1 amide bonds. The number of rotatable bonds is 4. The molecule has 22 heavy (non-hydrogen) atoms. The zero-order chi connectivity index (χ0) is 15.5. The van der Waals surface area contributed by atoms with E-state index in [-0.39, 0.29) is 30.4 Å². The van der Waals surface area contributed by atoms with Crippen molar-refractivity contribution in [1.29, 1.82) is 0 Å². The number of morpholine rings is 1. The number of nitrogens with one attached hydrogen (secondary N) is 1. The van der Waals surface area contributed by atoms with E-state index in [1.807, 2.05) is 0 Å². The summed E-state index contributed by atoms with van der Waals surface area (Å²) in [6, 6.07) is 6.80. The molecule has 1 aromatic rings. The quantitative estimate of drug-likeness (QED) is 0.747. The number of fused-ring (bicyclic) bond motifs is 1. The Kier molecular flexibility index (Phi) is 4.61. The van der Waals surface area contributed by atoms with Crippen LogP contribution in [0.1, 0.15) is 23.2 Å². The Morgan fingerprint density at radius 2 is 2.27 bits per heavy atom. The van der Waals surface area contributed by atoms with Crippen LogP contribution in [-0.2, 0) is 4.74 Å². The Hall–Kier alpha value is -1.63. The fraction of sp³-hybridized carbons (Fsp3) is 0.562. The zero-order valence-corrected chi connectivity index (χ0v) is 12.4. The number of phenols is 1. The number of aliphatic hydroxyl groups is 1.